The number of piperidine rings is 1. The molecule has 1 aromatic heterocycles. The van der Waals surface area contributed by atoms with Crippen molar-refractivity contribution < 1.29 is 14.3 Å². The van der Waals surface area contributed by atoms with Gasteiger partial charge in [0, 0.05) is 32.7 Å². The van der Waals surface area contributed by atoms with E-state index in [1.807, 2.05) is 29.2 Å². The molecule has 3 saturated heterocycles. The number of para-hydroxylation sites is 1. The van der Waals surface area contributed by atoms with Crippen molar-refractivity contribution in [2.24, 2.45) is 5.92 Å². The summed E-state index contributed by atoms with van der Waals surface area (Å²) < 4.78 is 7.14. The van der Waals surface area contributed by atoms with Crippen molar-refractivity contribution >= 4 is 38.5 Å². The van der Waals surface area contributed by atoms with E-state index >= 15 is 0 Å². The first-order chi connectivity index (χ1) is 13.6. The van der Waals surface area contributed by atoms with E-state index in [0.717, 1.165) is 55.6 Å². The fourth-order valence-electron chi connectivity index (χ4n) is 4.73. The third-order valence-electron chi connectivity index (χ3n) is 6.41. The summed E-state index contributed by atoms with van der Waals surface area (Å²) in [5.41, 5.74) is 0.895. The number of ether oxygens (including phenoxy) is 1. The summed E-state index contributed by atoms with van der Waals surface area (Å²) in [6, 6.07) is 7.89. The highest BCUT2D eigenvalue weighted by molar-refractivity contribution is 7.22. The van der Waals surface area contributed by atoms with Crippen LogP contribution in [0.1, 0.15) is 38.5 Å². The number of nitrogens with zero attached hydrogens (tertiary/aromatic N) is 3. The predicted molar refractivity (Wildman–Crippen MR) is 108 cm³/mol. The molecule has 1 atom stereocenters. The number of carbonyl (C=O) groups excluding carboxylic acids is 2. The van der Waals surface area contributed by atoms with Crippen molar-refractivity contribution in [1.29, 1.82) is 0 Å². The molecule has 7 heteroatoms. The minimum absolute atomic E-state index is 0.00139. The van der Waals surface area contributed by atoms with Crippen LogP contribution in [0.15, 0.2) is 24.3 Å². The van der Waals surface area contributed by atoms with E-state index in [1.165, 1.54) is 17.8 Å². The molecule has 1 aromatic carbocycles. The predicted octanol–water partition coefficient (Wildman–Crippen LogP) is 3.21. The van der Waals surface area contributed by atoms with Gasteiger partial charge in [0.1, 0.15) is 0 Å². The van der Waals surface area contributed by atoms with Crippen LogP contribution in [-0.4, -0.2) is 53.5 Å². The quantitative estimate of drug-likeness (QED) is 0.778. The second kappa shape index (κ2) is 7.12. The molecular weight excluding hydrogens is 374 g/mol. The molecule has 0 aliphatic carbocycles. The largest absolute Gasteiger partial charge is 0.375 e. The monoisotopic (exact) mass is 399 g/mol. The van der Waals surface area contributed by atoms with Gasteiger partial charge >= 0.3 is 0 Å². The van der Waals surface area contributed by atoms with Crippen molar-refractivity contribution in [1.82, 2.24) is 9.88 Å². The minimum atomic E-state index is -0.263. The highest BCUT2D eigenvalue weighted by Gasteiger charge is 2.42. The number of likely N-dealkylation sites (tertiary alicyclic amines) is 1. The average Bonchev–Trinajstić information content (AvgIpc) is 3.32. The Bertz CT molecular complexity index is 862. The Hall–Kier alpha value is -1.99. The van der Waals surface area contributed by atoms with Gasteiger partial charge in [0.15, 0.2) is 5.13 Å². The van der Waals surface area contributed by atoms with E-state index in [0.29, 0.717) is 11.7 Å². The zero-order valence-corrected chi connectivity index (χ0v) is 16.7. The Morgan fingerprint density at radius 1 is 1.18 bits per heavy atom. The molecule has 3 fully saturated rings. The van der Waals surface area contributed by atoms with E-state index < -0.39 is 0 Å². The molecule has 3 aliphatic rings. The van der Waals surface area contributed by atoms with Crippen LogP contribution in [0.25, 0.3) is 10.2 Å². The lowest BCUT2D eigenvalue weighted by Crippen LogP contribution is -2.50. The molecule has 2 amide bonds. The van der Waals surface area contributed by atoms with Crippen molar-refractivity contribution in [3.8, 4) is 0 Å². The van der Waals surface area contributed by atoms with Crippen molar-refractivity contribution in [3.05, 3.63) is 24.3 Å². The zero-order chi connectivity index (χ0) is 19.1. The molecule has 0 radical (unpaired) electrons. The van der Waals surface area contributed by atoms with Gasteiger partial charge in [-0.1, -0.05) is 23.5 Å². The number of thiazole rings is 1. The fraction of sp³-hybridized carbons (Fsp3) is 0.571. The standard InChI is InChI=1S/C21H25N3O3S/c25-18-13-15(14-24(18)20-22-16-5-1-2-6-17(16)28-20)19(26)23-10-8-21(9-11-23)7-3-4-12-27-21/h1-2,5-6,15H,3-4,7-14H2. The number of amides is 2. The highest BCUT2D eigenvalue weighted by atomic mass is 32.1. The fourth-order valence-corrected chi connectivity index (χ4v) is 5.72. The van der Waals surface area contributed by atoms with Gasteiger partial charge in [-0.2, -0.15) is 0 Å². The van der Waals surface area contributed by atoms with E-state index in [1.54, 1.807) is 4.90 Å². The van der Waals surface area contributed by atoms with Crippen LogP contribution in [0.4, 0.5) is 5.13 Å². The summed E-state index contributed by atoms with van der Waals surface area (Å²) >= 11 is 1.51. The molecule has 28 heavy (non-hydrogen) atoms. The van der Waals surface area contributed by atoms with Gasteiger partial charge in [-0.05, 0) is 44.2 Å². The Balaban J connectivity index is 1.25. The number of carbonyl (C=O) groups is 2. The molecule has 3 aliphatic heterocycles. The molecule has 148 valence electrons. The number of benzene rings is 1. The van der Waals surface area contributed by atoms with Gasteiger partial charge in [0.2, 0.25) is 11.8 Å². The Kier molecular flexibility index (Phi) is 4.59. The summed E-state index contributed by atoms with van der Waals surface area (Å²) in [6.07, 6.45) is 5.61. The van der Waals surface area contributed by atoms with E-state index in [9.17, 15) is 9.59 Å². The highest BCUT2D eigenvalue weighted by Crippen LogP contribution is 2.37. The third-order valence-corrected chi connectivity index (χ3v) is 7.47. The maximum Gasteiger partial charge on any atom is 0.229 e. The third kappa shape index (κ3) is 3.20. The number of rotatable bonds is 2. The van der Waals surface area contributed by atoms with Crippen LogP contribution in [-0.2, 0) is 14.3 Å². The Morgan fingerprint density at radius 3 is 2.75 bits per heavy atom. The molecule has 6 nitrogen and oxygen atoms in total. The second-order valence-corrected chi connectivity index (χ2v) is 9.19. The van der Waals surface area contributed by atoms with Crippen molar-refractivity contribution in [3.63, 3.8) is 0 Å². The molecule has 0 N–H and O–H groups in total. The maximum atomic E-state index is 13.1. The van der Waals surface area contributed by atoms with E-state index in [4.69, 9.17) is 4.74 Å². The first kappa shape index (κ1) is 18.1. The molecule has 1 unspecified atom stereocenters. The Labute approximate surface area is 168 Å². The molecule has 0 bridgehead atoms. The average molecular weight is 400 g/mol. The first-order valence-corrected chi connectivity index (χ1v) is 11.0. The number of aromatic nitrogens is 1. The van der Waals surface area contributed by atoms with Gasteiger partial charge in [-0.3, -0.25) is 14.5 Å². The van der Waals surface area contributed by atoms with Gasteiger partial charge in [-0.15, -0.1) is 0 Å². The SMILES string of the molecule is O=C(C1CC(=O)N(c2nc3ccccc3s2)C1)N1CCC2(CCCCO2)CC1. The lowest BCUT2D eigenvalue weighted by Gasteiger charge is -2.44. The Morgan fingerprint density at radius 2 is 2.00 bits per heavy atom. The summed E-state index contributed by atoms with van der Waals surface area (Å²) in [7, 11) is 0. The minimum Gasteiger partial charge on any atom is -0.375 e. The summed E-state index contributed by atoms with van der Waals surface area (Å²) in [4.78, 5) is 33.9. The second-order valence-electron chi connectivity index (χ2n) is 8.18. The van der Waals surface area contributed by atoms with E-state index in [2.05, 4.69) is 4.98 Å². The van der Waals surface area contributed by atoms with Gasteiger partial charge in [0.25, 0.3) is 0 Å². The molecule has 1 spiro atoms. The smallest absolute Gasteiger partial charge is 0.229 e. The normalized spacial score (nSPS) is 25.0. The van der Waals surface area contributed by atoms with Gasteiger partial charge < -0.3 is 9.64 Å². The molecular formula is C21H25N3O3S. The van der Waals surface area contributed by atoms with Gasteiger partial charge in [-0.25, -0.2) is 4.98 Å². The maximum absolute atomic E-state index is 13.1. The number of hydrogen-bond acceptors (Lipinski definition) is 5. The van der Waals surface area contributed by atoms with Crippen LogP contribution < -0.4 is 4.90 Å². The molecule has 5 rings (SSSR count). The summed E-state index contributed by atoms with van der Waals surface area (Å²) in [5, 5.41) is 0.703. The molecule has 2 aromatic rings. The van der Waals surface area contributed by atoms with Crippen LogP contribution in [0.2, 0.25) is 0 Å². The summed E-state index contributed by atoms with van der Waals surface area (Å²) in [6.45, 7) is 2.77. The van der Waals surface area contributed by atoms with Crippen LogP contribution in [0.3, 0.4) is 0 Å². The van der Waals surface area contributed by atoms with Crippen molar-refractivity contribution in [2.45, 2.75) is 44.1 Å². The number of anilines is 1. The molecule has 4 heterocycles. The van der Waals surface area contributed by atoms with Crippen LogP contribution >= 0.6 is 11.3 Å². The lowest BCUT2D eigenvalue weighted by molar-refractivity contribution is -0.146. The lowest BCUT2D eigenvalue weighted by atomic mass is 9.84. The number of fused-ring (bicyclic) bond motifs is 1. The van der Waals surface area contributed by atoms with Crippen LogP contribution in [0.5, 0.6) is 0 Å². The van der Waals surface area contributed by atoms with E-state index in [-0.39, 0.29) is 29.8 Å². The summed E-state index contributed by atoms with van der Waals surface area (Å²) in [5.74, 6) is -0.148. The first-order valence-electron chi connectivity index (χ1n) is 10.2. The molecule has 0 saturated carbocycles. The topological polar surface area (TPSA) is 62.7 Å². The zero-order valence-electron chi connectivity index (χ0n) is 15.9. The van der Waals surface area contributed by atoms with Crippen molar-refractivity contribution in [2.75, 3.05) is 31.1 Å². The number of hydrogen-bond donors (Lipinski definition) is 0. The van der Waals surface area contributed by atoms with Crippen LogP contribution in [0, 0.1) is 5.92 Å². The van der Waals surface area contributed by atoms with Gasteiger partial charge in [0.05, 0.1) is 21.7 Å².